The molecule has 92 valence electrons. The average molecular weight is 268 g/mol. The average Bonchev–Trinajstić information content (AvgIpc) is 2.78. The summed E-state index contributed by atoms with van der Waals surface area (Å²) in [4.78, 5) is 16.9. The smallest absolute Gasteiger partial charge is 0.252 e. The summed E-state index contributed by atoms with van der Waals surface area (Å²) in [6.07, 6.45) is 2.98. The van der Waals surface area contributed by atoms with Crippen LogP contribution < -0.4 is 5.48 Å². The molecule has 1 N–H and O–H groups in total. The number of rotatable bonds is 3. The van der Waals surface area contributed by atoms with E-state index in [1.54, 1.807) is 6.92 Å². The van der Waals surface area contributed by atoms with E-state index in [-0.39, 0.29) is 12.2 Å². The molecule has 1 aliphatic heterocycles. The number of carbonyl (C=O) groups is 1. The maximum atomic E-state index is 11.7. The van der Waals surface area contributed by atoms with Crippen molar-refractivity contribution in [3.05, 3.63) is 0 Å². The van der Waals surface area contributed by atoms with Crippen LogP contribution >= 0.6 is 23.2 Å². The zero-order chi connectivity index (χ0) is 11.8. The van der Waals surface area contributed by atoms with E-state index < -0.39 is 9.75 Å². The molecule has 1 saturated heterocycles. The summed E-state index contributed by atoms with van der Waals surface area (Å²) in [6, 6.07) is 0. The molecule has 6 heteroatoms. The lowest BCUT2D eigenvalue weighted by molar-refractivity contribution is -0.202. The van der Waals surface area contributed by atoms with Crippen molar-refractivity contribution >= 4 is 29.1 Å². The zero-order valence-corrected chi connectivity index (χ0v) is 10.6. The van der Waals surface area contributed by atoms with Crippen LogP contribution in [0.15, 0.2) is 0 Å². The molecule has 0 aromatic carbocycles. The molecule has 2 fully saturated rings. The van der Waals surface area contributed by atoms with Crippen molar-refractivity contribution in [2.45, 2.75) is 43.2 Å². The quantitative estimate of drug-likeness (QED) is 0.630. The van der Waals surface area contributed by atoms with Gasteiger partial charge in [-0.1, -0.05) is 0 Å². The Balaban J connectivity index is 1.76. The number of carbonyl (C=O) groups excluding carboxylic acids is 1. The van der Waals surface area contributed by atoms with Crippen LogP contribution in [0.4, 0.5) is 0 Å². The lowest BCUT2D eigenvalue weighted by atomic mass is 10.1. The Labute approximate surface area is 105 Å². The molecule has 0 radical (unpaired) electrons. The lowest BCUT2D eigenvalue weighted by Crippen LogP contribution is -2.38. The Kier molecular flexibility index (Phi) is 3.36. The van der Waals surface area contributed by atoms with Crippen LogP contribution in [-0.2, 0) is 14.4 Å². The van der Waals surface area contributed by atoms with Crippen molar-refractivity contribution in [2.24, 2.45) is 5.41 Å². The summed E-state index contributed by atoms with van der Waals surface area (Å²) >= 11 is 11.8. The van der Waals surface area contributed by atoms with Crippen molar-refractivity contribution in [1.29, 1.82) is 0 Å². The summed E-state index contributed by atoms with van der Waals surface area (Å²) in [6.45, 7) is 2.39. The monoisotopic (exact) mass is 267 g/mol. The van der Waals surface area contributed by atoms with Crippen molar-refractivity contribution in [3.8, 4) is 0 Å². The van der Waals surface area contributed by atoms with E-state index in [0.29, 0.717) is 13.0 Å². The third-order valence-corrected chi connectivity index (χ3v) is 4.28. The first-order valence-electron chi connectivity index (χ1n) is 5.41. The van der Waals surface area contributed by atoms with Gasteiger partial charge in [-0.3, -0.25) is 4.79 Å². The van der Waals surface area contributed by atoms with E-state index in [1.165, 1.54) is 0 Å². The predicted molar refractivity (Wildman–Crippen MR) is 60.0 cm³/mol. The first-order valence-corrected chi connectivity index (χ1v) is 6.17. The van der Waals surface area contributed by atoms with Gasteiger partial charge in [-0.25, -0.2) is 10.3 Å². The van der Waals surface area contributed by atoms with Crippen LogP contribution in [0.1, 0.15) is 32.6 Å². The largest absolute Gasteiger partial charge is 0.350 e. The number of nitrogens with one attached hydrogen (secondary N) is 1. The zero-order valence-electron chi connectivity index (χ0n) is 9.09. The Morgan fingerprint density at radius 3 is 2.69 bits per heavy atom. The van der Waals surface area contributed by atoms with Crippen LogP contribution in [0.2, 0.25) is 0 Å². The lowest BCUT2D eigenvalue weighted by Gasteiger charge is -2.23. The normalized spacial score (nSPS) is 36.8. The maximum Gasteiger partial charge on any atom is 0.252 e. The number of alkyl halides is 2. The summed E-state index contributed by atoms with van der Waals surface area (Å²) < 4.78 is 4.35. The summed E-state index contributed by atoms with van der Waals surface area (Å²) in [5, 5.41) is 0. The van der Waals surface area contributed by atoms with Crippen LogP contribution in [0.3, 0.4) is 0 Å². The van der Waals surface area contributed by atoms with Crippen molar-refractivity contribution in [1.82, 2.24) is 5.48 Å². The fraction of sp³-hybridized carbons (Fsp3) is 0.900. The molecule has 0 spiro atoms. The minimum Gasteiger partial charge on any atom is -0.350 e. The highest BCUT2D eigenvalue weighted by Crippen LogP contribution is 2.63. The first kappa shape index (κ1) is 12.4. The topological polar surface area (TPSA) is 47.6 Å². The predicted octanol–water partition coefficient (Wildman–Crippen LogP) is 2.14. The number of halogens is 2. The molecule has 2 rings (SSSR count). The Bertz CT molecular complexity index is 292. The van der Waals surface area contributed by atoms with E-state index in [9.17, 15) is 4.79 Å². The van der Waals surface area contributed by atoms with Crippen LogP contribution in [-0.4, -0.2) is 23.1 Å². The second-order valence-corrected chi connectivity index (χ2v) is 6.04. The Morgan fingerprint density at radius 1 is 1.50 bits per heavy atom. The fourth-order valence-corrected chi connectivity index (χ4v) is 2.39. The second-order valence-electron chi connectivity index (χ2n) is 4.56. The Morgan fingerprint density at radius 2 is 2.19 bits per heavy atom. The molecular formula is C10H15Cl2NO3. The van der Waals surface area contributed by atoms with Crippen LogP contribution in [0, 0.1) is 5.41 Å². The summed E-state index contributed by atoms with van der Waals surface area (Å²) in [5.41, 5.74) is 1.63. The van der Waals surface area contributed by atoms with Gasteiger partial charge in [0, 0.05) is 13.0 Å². The van der Waals surface area contributed by atoms with E-state index in [2.05, 4.69) is 5.48 Å². The van der Waals surface area contributed by atoms with Gasteiger partial charge in [0.05, 0.1) is 5.41 Å². The number of amides is 1. The molecule has 0 aromatic rings. The molecule has 2 atom stereocenters. The number of hydrogen-bond donors (Lipinski definition) is 1. The molecule has 1 saturated carbocycles. The van der Waals surface area contributed by atoms with Crippen molar-refractivity contribution in [2.75, 3.05) is 6.61 Å². The maximum absolute atomic E-state index is 11.7. The molecule has 16 heavy (non-hydrogen) atoms. The van der Waals surface area contributed by atoms with Gasteiger partial charge < -0.3 is 4.74 Å². The molecule has 0 aromatic heterocycles. The second kappa shape index (κ2) is 4.33. The first-order chi connectivity index (χ1) is 7.46. The van der Waals surface area contributed by atoms with Crippen molar-refractivity contribution in [3.63, 3.8) is 0 Å². The standard InChI is InChI=1S/C10H15Cl2NO3/c1-9(6-10(9,11)12)8(14)13-16-7-4-2-3-5-15-7/h7H,2-6H2,1H3,(H,13,14)/t7-,9+/m0/s1. The summed E-state index contributed by atoms with van der Waals surface area (Å²) in [7, 11) is 0. The molecule has 1 amide bonds. The molecule has 4 nitrogen and oxygen atoms in total. The van der Waals surface area contributed by atoms with E-state index in [1.807, 2.05) is 0 Å². The highest BCUT2D eigenvalue weighted by atomic mass is 35.5. The third kappa shape index (κ3) is 2.30. The highest BCUT2D eigenvalue weighted by Gasteiger charge is 2.68. The van der Waals surface area contributed by atoms with Crippen LogP contribution in [0.5, 0.6) is 0 Å². The fourth-order valence-electron chi connectivity index (χ4n) is 1.68. The number of hydrogen-bond acceptors (Lipinski definition) is 3. The molecule has 1 heterocycles. The number of ether oxygens (including phenoxy) is 1. The SMILES string of the molecule is C[C@]1(C(=O)NO[C@H]2CCCCO2)CC1(Cl)Cl. The Hall–Kier alpha value is -0.0300. The minimum atomic E-state index is -0.964. The van der Waals surface area contributed by atoms with Gasteiger partial charge in [-0.05, 0) is 26.2 Å². The summed E-state index contributed by atoms with van der Waals surface area (Å²) in [5.74, 6) is -0.285. The van der Waals surface area contributed by atoms with Gasteiger partial charge in [0.2, 0.25) is 0 Å². The minimum absolute atomic E-state index is 0.285. The molecule has 2 aliphatic rings. The van der Waals surface area contributed by atoms with Gasteiger partial charge in [0.25, 0.3) is 5.91 Å². The van der Waals surface area contributed by atoms with E-state index in [4.69, 9.17) is 32.8 Å². The highest BCUT2D eigenvalue weighted by molar-refractivity contribution is 6.53. The molecule has 0 unspecified atom stereocenters. The van der Waals surface area contributed by atoms with Crippen molar-refractivity contribution < 1.29 is 14.4 Å². The van der Waals surface area contributed by atoms with E-state index in [0.717, 1.165) is 19.3 Å². The van der Waals surface area contributed by atoms with Gasteiger partial charge in [-0.2, -0.15) is 0 Å². The third-order valence-electron chi connectivity index (χ3n) is 3.18. The van der Waals surface area contributed by atoms with E-state index >= 15 is 0 Å². The molecule has 1 aliphatic carbocycles. The number of hydroxylamine groups is 1. The van der Waals surface area contributed by atoms with Gasteiger partial charge in [-0.15, -0.1) is 23.2 Å². The molecule has 0 bridgehead atoms. The van der Waals surface area contributed by atoms with Crippen LogP contribution in [0.25, 0.3) is 0 Å². The van der Waals surface area contributed by atoms with Gasteiger partial charge >= 0.3 is 0 Å². The molecular weight excluding hydrogens is 253 g/mol. The van der Waals surface area contributed by atoms with Gasteiger partial charge in [0.1, 0.15) is 4.33 Å². The van der Waals surface area contributed by atoms with Gasteiger partial charge in [0.15, 0.2) is 6.29 Å².